The summed E-state index contributed by atoms with van der Waals surface area (Å²) in [7, 11) is -4.04. The summed E-state index contributed by atoms with van der Waals surface area (Å²) in [6.45, 7) is 5.05. The number of benzene rings is 1. The summed E-state index contributed by atoms with van der Waals surface area (Å²) < 4.78 is 42.2. The Morgan fingerprint density at radius 2 is 2.06 bits per heavy atom. The lowest BCUT2D eigenvalue weighted by Gasteiger charge is -2.12. The van der Waals surface area contributed by atoms with Gasteiger partial charge in [0.2, 0.25) is 0 Å². The van der Waals surface area contributed by atoms with Gasteiger partial charge in [0, 0.05) is 4.90 Å². The van der Waals surface area contributed by atoms with Crippen LogP contribution in [-0.4, -0.2) is 20.3 Å². The van der Waals surface area contributed by atoms with Crippen molar-refractivity contribution in [3.8, 4) is 0 Å². The summed E-state index contributed by atoms with van der Waals surface area (Å²) in [4.78, 5) is 0.0219. The molecule has 0 aromatic heterocycles. The molecular formula is C11H15FO3S2. The molecule has 0 heterocycles. The molecule has 0 saturated heterocycles. The molecule has 0 amide bonds. The van der Waals surface area contributed by atoms with E-state index in [9.17, 15) is 12.8 Å². The second-order valence-electron chi connectivity index (χ2n) is 3.60. The first-order valence-electron chi connectivity index (χ1n) is 5.23. The highest BCUT2D eigenvalue weighted by Gasteiger charge is 2.25. The molecular weight excluding hydrogens is 263 g/mol. The third kappa shape index (κ3) is 3.69. The van der Waals surface area contributed by atoms with Crippen LogP contribution in [0.4, 0.5) is 4.39 Å². The zero-order chi connectivity index (χ0) is 13.1. The molecule has 3 nitrogen and oxygen atoms in total. The van der Waals surface area contributed by atoms with Crippen molar-refractivity contribution in [2.75, 3.05) is 5.75 Å². The number of rotatable bonds is 5. The van der Waals surface area contributed by atoms with Gasteiger partial charge in [0.15, 0.2) is 0 Å². The highest BCUT2D eigenvalue weighted by atomic mass is 32.2. The zero-order valence-corrected chi connectivity index (χ0v) is 11.6. The van der Waals surface area contributed by atoms with Crippen LogP contribution in [0.2, 0.25) is 0 Å². The lowest BCUT2D eigenvalue weighted by Crippen LogP contribution is -2.14. The minimum absolute atomic E-state index is 0.361. The molecule has 0 N–H and O–H groups in total. The Hall–Kier alpha value is -0.590. The fourth-order valence-corrected chi connectivity index (χ4v) is 3.72. The second-order valence-corrected chi connectivity index (χ2v) is 6.41. The first kappa shape index (κ1) is 14.5. The summed E-state index contributed by atoms with van der Waals surface area (Å²) in [6.07, 6.45) is -0.515. The molecule has 0 saturated carbocycles. The molecule has 0 spiro atoms. The summed E-state index contributed by atoms with van der Waals surface area (Å²) in [5.74, 6) is -0.114. The summed E-state index contributed by atoms with van der Waals surface area (Å²) in [5, 5.41) is 0. The van der Waals surface area contributed by atoms with Crippen LogP contribution in [0.5, 0.6) is 0 Å². The highest BCUT2D eigenvalue weighted by Crippen LogP contribution is 2.30. The van der Waals surface area contributed by atoms with Crippen LogP contribution in [0.3, 0.4) is 0 Å². The Morgan fingerprint density at radius 1 is 1.41 bits per heavy atom. The zero-order valence-electron chi connectivity index (χ0n) is 9.94. The van der Waals surface area contributed by atoms with Gasteiger partial charge >= 0.3 is 10.1 Å². The molecule has 0 aliphatic carbocycles. The van der Waals surface area contributed by atoms with Gasteiger partial charge in [0.25, 0.3) is 0 Å². The first-order chi connectivity index (χ1) is 7.88. The van der Waals surface area contributed by atoms with Gasteiger partial charge in [-0.05, 0) is 31.7 Å². The Morgan fingerprint density at radius 3 is 2.59 bits per heavy atom. The molecule has 1 aromatic rings. The fourth-order valence-electron chi connectivity index (χ4n) is 1.30. The lowest BCUT2D eigenvalue weighted by atomic mass is 10.3. The van der Waals surface area contributed by atoms with E-state index in [0.29, 0.717) is 10.6 Å². The number of thioether (sulfide) groups is 1. The number of hydrogen-bond donors (Lipinski definition) is 0. The maximum Gasteiger partial charge on any atom is 0.301 e. The lowest BCUT2D eigenvalue weighted by molar-refractivity contribution is 0.247. The molecule has 1 rings (SSSR count). The first-order valence-corrected chi connectivity index (χ1v) is 7.62. The molecule has 96 valence electrons. The second kappa shape index (κ2) is 5.84. The van der Waals surface area contributed by atoms with Crippen molar-refractivity contribution in [1.82, 2.24) is 0 Å². The summed E-state index contributed by atoms with van der Waals surface area (Å²) in [6, 6.07) is 4.19. The van der Waals surface area contributed by atoms with Gasteiger partial charge in [-0.2, -0.15) is 8.42 Å². The smallest absolute Gasteiger partial charge is 0.264 e. The molecule has 17 heavy (non-hydrogen) atoms. The van der Waals surface area contributed by atoms with Crippen LogP contribution >= 0.6 is 11.8 Å². The largest absolute Gasteiger partial charge is 0.301 e. The predicted octanol–water partition coefficient (Wildman–Crippen LogP) is 3.05. The van der Waals surface area contributed by atoms with E-state index in [1.165, 1.54) is 17.8 Å². The Bertz CT molecular complexity index is 483. The number of hydrogen-bond acceptors (Lipinski definition) is 4. The molecule has 0 radical (unpaired) electrons. The maximum atomic E-state index is 13.6. The Balaban J connectivity index is 3.28. The van der Waals surface area contributed by atoms with E-state index in [1.807, 2.05) is 6.92 Å². The summed E-state index contributed by atoms with van der Waals surface area (Å²) in [5.41, 5.74) is 0. The van der Waals surface area contributed by atoms with Crippen molar-refractivity contribution < 1.29 is 17.0 Å². The van der Waals surface area contributed by atoms with Crippen molar-refractivity contribution in [2.24, 2.45) is 0 Å². The van der Waals surface area contributed by atoms with Gasteiger partial charge in [-0.1, -0.05) is 13.0 Å². The van der Waals surface area contributed by atoms with Crippen molar-refractivity contribution in [3.63, 3.8) is 0 Å². The minimum Gasteiger partial charge on any atom is -0.264 e. The minimum atomic E-state index is -4.04. The maximum absolute atomic E-state index is 13.6. The van der Waals surface area contributed by atoms with Crippen molar-refractivity contribution in [2.45, 2.75) is 36.7 Å². The molecule has 6 heteroatoms. The van der Waals surface area contributed by atoms with Crippen LogP contribution in [-0.2, 0) is 14.3 Å². The monoisotopic (exact) mass is 278 g/mol. The van der Waals surface area contributed by atoms with Gasteiger partial charge in [-0.25, -0.2) is 4.39 Å². The van der Waals surface area contributed by atoms with Gasteiger partial charge in [-0.15, -0.1) is 11.8 Å². The third-order valence-corrected chi connectivity index (χ3v) is 4.42. The molecule has 0 fully saturated rings. The van der Waals surface area contributed by atoms with Gasteiger partial charge in [-0.3, -0.25) is 4.18 Å². The van der Waals surface area contributed by atoms with E-state index in [-0.39, 0.29) is 4.90 Å². The van der Waals surface area contributed by atoms with E-state index < -0.39 is 22.0 Å². The highest BCUT2D eigenvalue weighted by molar-refractivity contribution is 8.00. The van der Waals surface area contributed by atoms with Gasteiger partial charge < -0.3 is 0 Å². The van der Waals surface area contributed by atoms with Crippen LogP contribution in [0.1, 0.15) is 20.8 Å². The van der Waals surface area contributed by atoms with Crippen molar-refractivity contribution in [1.29, 1.82) is 0 Å². The quantitative estimate of drug-likeness (QED) is 0.613. The normalized spacial score (nSPS) is 12.1. The SMILES string of the molecule is CCSc1cccc(F)c1S(=O)(=O)OC(C)C. The molecule has 0 bridgehead atoms. The topological polar surface area (TPSA) is 43.4 Å². The van der Waals surface area contributed by atoms with E-state index >= 15 is 0 Å². The average molecular weight is 278 g/mol. The van der Waals surface area contributed by atoms with E-state index in [0.717, 1.165) is 6.07 Å². The van der Waals surface area contributed by atoms with E-state index in [2.05, 4.69) is 0 Å². The molecule has 0 unspecified atom stereocenters. The van der Waals surface area contributed by atoms with Crippen LogP contribution < -0.4 is 0 Å². The van der Waals surface area contributed by atoms with Crippen LogP contribution in [0.15, 0.2) is 28.0 Å². The van der Waals surface area contributed by atoms with Gasteiger partial charge in [0.1, 0.15) is 10.7 Å². The van der Waals surface area contributed by atoms with E-state index in [1.54, 1.807) is 19.9 Å². The third-order valence-electron chi connectivity index (χ3n) is 1.80. The Kier molecular flexibility index (Phi) is 4.97. The molecule has 0 atom stereocenters. The van der Waals surface area contributed by atoms with E-state index in [4.69, 9.17) is 4.18 Å². The predicted molar refractivity (Wildman–Crippen MR) is 66.2 cm³/mol. The van der Waals surface area contributed by atoms with Crippen LogP contribution in [0.25, 0.3) is 0 Å². The summed E-state index contributed by atoms with van der Waals surface area (Å²) >= 11 is 1.27. The number of halogens is 1. The average Bonchev–Trinajstić information content (AvgIpc) is 2.15. The molecule has 0 aliphatic rings. The van der Waals surface area contributed by atoms with Gasteiger partial charge in [0.05, 0.1) is 6.10 Å². The standard InChI is InChI=1S/C11H15FO3S2/c1-4-16-10-7-5-6-9(12)11(10)17(13,14)15-8(2)3/h5-8H,4H2,1-3H3. The molecule has 1 aromatic carbocycles. The van der Waals surface area contributed by atoms with Crippen molar-refractivity contribution >= 4 is 21.9 Å². The Labute approximate surface area is 105 Å². The van der Waals surface area contributed by atoms with Crippen molar-refractivity contribution in [3.05, 3.63) is 24.0 Å². The molecule has 0 aliphatic heterocycles. The fraction of sp³-hybridized carbons (Fsp3) is 0.455. The van der Waals surface area contributed by atoms with Crippen LogP contribution in [0, 0.1) is 5.82 Å².